The lowest BCUT2D eigenvalue weighted by atomic mass is 9.95. The van der Waals surface area contributed by atoms with Crippen molar-refractivity contribution in [2.45, 2.75) is 102 Å². The first-order chi connectivity index (χ1) is 29.1. The minimum atomic E-state index is -2.26. The van der Waals surface area contributed by atoms with E-state index < -0.39 is 31.2 Å². The Balaban J connectivity index is 1.37. The number of aliphatic hydroxyl groups is 1. The van der Waals surface area contributed by atoms with Crippen LogP contribution < -0.4 is 14.4 Å². The molecule has 0 spiro atoms. The summed E-state index contributed by atoms with van der Waals surface area (Å²) in [5.74, 6) is 4.18. The second-order valence-electron chi connectivity index (χ2n) is 18.7. The van der Waals surface area contributed by atoms with Crippen LogP contribution in [0.5, 0.6) is 11.8 Å². The Labute approximate surface area is 358 Å². The van der Waals surface area contributed by atoms with Crippen LogP contribution in [0.15, 0.2) is 36.5 Å². The molecule has 1 N–H and O–H groups in total. The average Bonchev–Trinajstić information content (AvgIpc) is 3.79. The van der Waals surface area contributed by atoms with Crippen molar-refractivity contribution in [3.05, 3.63) is 47.9 Å². The number of alkyl halides is 1. The third kappa shape index (κ3) is 7.75. The second-order valence-corrected chi connectivity index (χ2v) is 24.2. The maximum absolute atomic E-state index is 16.5. The first-order valence-corrected chi connectivity index (χ1v) is 24.0. The summed E-state index contributed by atoms with van der Waals surface area (Å²) >= 11 is 0. The van der Waals surface area contributed by atoms with Gasteiger partial charge in [-0.1, -0.05) is 53.5 Å². The Morgan fingerprint density at radius 1 is 1.03 bits per heavy atom. The highest BCUT2D eigenvalue weighted by atomic mass is 28.3. The number of benzene rings is 2. The number of β-amino-alcohol motifs (C(OH)–C–C–N with tert-alkyl or cyclic N) is 1. The van der Waals surface area contributed by atoms with Gasteiger partial charge in [0.15, 0.2) is 6.79 Å². The van der Waals surface area contributed by atoms with Crippen molar-refractivity contribution in [1.82, 2.24) is 24.4 Å². The van der Waals surface area contributed by atoms with Gasteiger partial charge < -0.3 is 33.5 Å². The molecule has 0 aliphatic carbocycles. The average molecular weight is 855 g/mol. The molecule has 5 aromatic rings. The summed E-state index contributed by atoms with van der Waals surface area (Å²) in [6, 6.07) is 9.14. The molecule has 0 saturated carbocycles. The molecule has 3 saturated heterocycles. The predicted octanol–water partition coefficient (Wildman–Crippen LogP) is 8.57. The molecule has 3 fully saturated rings. The SMILES string of the molecule is COCOc1cc(-c2nccc3c4c(N5CCOC[C@@](C)(O)C5)nc(OC[C@@]56CCCN5C[C@H](F)C6)nc4n(C)c23)c2c(C#C[Si](C(C)C)(C(C)C)C(C)C)c(F)ccc2c1. The number of methoxy groups -OCH3 is 1. The molecule has 3 aromatic heterocycles. The molecule has 0 amide bonds. The molecule has 2 aromatic carbocycles. The first-order valence-electron chi connectivity index (χ1n) is 21.7. The summed E-state index contributed by atoms with van der Waals surface area (Å²) in [6.07, 6.45) is 3.11. The van der Waals surface area contributed by atoms with Gasteiger partial charge in [0.05, 0.1) is 47.5 Å². The summed E-state index contributed by atoms with van der Waals surface area (Å²) in [6.45, 7) is 18.1. The number of halogens is 2. The van der Waals surface area contributed by atoms with Crippen molar-refractivity contribution >= 4 is 46.6 Å². The largest absolute Gasteiger partial charge is 0.468 e. The smallest absolute Gasteiger partial charge is 0.320 e. The number of rotatable bonds is 11. The molecule has 326 valence electrons. The van der Waals surface area contributed by atoms with Crippen molar-refractivity contribution in [3.63, 3.8) is 0 Å². The van der Waals surface area contributed by atoms with Gasteiger partial charge in [-0.3, -0.25) is 9.88 Å². The molecule has 0 radical (unpaired) electrons. The van der Waals surface area contributed by atoms with E-state index in [0.29, 0.717) is 82.2 Å². The molecular formula is C47H60F2N6O5Si. The fourth-order valence-electron chi connectivity index (χ4n) is 10.9. The van der Waals surface area contributed by atoms with E-state index in [1.54, 1.807) is 26.3 Å². The lowest BCUT2D eigenvalue weighted by molar-refractivity contribution is -0.0123. The zero-order valence-electron chi connectivity index (χ0n) is 37.1. The first kappa shape index (κ1) is 43.3. The van der Waals surface area contributed by atoms with Gasteiger partial charge >= 0.3 is 6.01 Å². The quantitative estimate of drug-likeness (QED) is 0.0790. The molecule has 11 nitrogen and oxygen atoms in total. The van der Waals surface area contributed by atoms with Gasteiger partial charge in [-0.15, -0.1) is 5.54 Å². The van der Waals surface area contributed by atoms with E-state index in [-0.39, 0.29) is 32.6 Å². The predicted molar refractivity (Wildman–Crippen MR) is 239 cm³/mol. The summed E-state index contributed by atoms with van der Waals surface area (Å²) in [7, 11) is 1.24. The molecule has 3 aliphatic rings. The number of nitrogens with zero attached hydrogens (tertiary/aromatic N) is 6. The van der Waals surface area contributed by atoms with Crippen molar-refractivity contribution < 1.29 is 32.8 Å². The fourth-order valence-corrected chi connectivity index (χ4v) is 16.1. The number of anilines is 1. The molecule has 0 bridgehead atoms. The zero-order chi connectivity index (χ0) is 43.4. The Bertz CT molecular complexity index is 2490. The Hall–Kier alpha value is -4.39. The van der Waals surface area contributed by atoms with Gasteiger partial charge in [-0.05, 0) is 72.6 Å². The Morgan fingerprint density at radius 3 is 2.54 bits per heavy atom. The maximum atomic E-state index is 16.5. The number of aromatic nitrogens is 4. The molecule has 0 unspecified atom stereocenters. The molecule has 14 heteroatoms. The fraction of sp³-hybridized carbons (Fsp3) is 0.553. The lowest BCUT2D eigenvalue weighted by Crippen LogP contribution is -2.44. The molecule has 3 aliphatic heterocycles. The monoisotopic (exact) mass is 854 g/mol. The molecule has 3 atom stereocenters. The minimum absolute atomic E-state index is 0.0197. The minimum Gasteiger partial charge on any atom is -0.468 e. The summed E-state index contributed by atoms with van der Waals surface area (Å²) in [5.41, 5.74) is 6.18. The van der Waals surface area contributed by atoms with Crippen molar-refractivity contribution in [2.75, 3.05) is 64.8 Å². The number of pyridine rings is 1. The van der Waals surface area contributed by atoms with E-state index in [1.165, 1.54) is 6.07 Å². The lowest BCUT2D eigenvalue weighted by Gasteiger charge is -2.38. The van der Waals surface area contributed by atoms with E-state index in [1.807, 2.05) is 34.7 Å². The highest BCUT2D eigenvalue weighted by molar-refractivity contribution is 6.90. The van der Waals surface area contributed by atoms with Crippen molar-refractivity contribution in [1.29, 1.82) is 0 Å². The van der Waals surface area contributed by atoms with E-state index in [9.17, 15) is 9.50 Å². The third-order valence-corrected chi connectivity index (χ3v) is 19.9. The Morgan fingerprint density at radius 2 is 1.80 bits per heavy atom. The highest BCUT2D eigenvalue weighted by Crippen LogP contribution is 2.45. The normalized spacial score (nSPS) is 22.5. The van der Waals surface area contributed by atoms with Gasteiger partial charge in [-0.2, -0.15) is 9.97 Å². The van der Waals surface area contributed by atoms with Crippen LogP contribution in [0.1, 0.15) is 73.3 Å². The van der Waals surface area contributed by atoms with Gasteiger partial charge in [-0.25, -0.2) is 8.78 Å². The number of hydrogen-bond donors (Lipinski definition) is 1. The van der Waals surface area contributed by atoms with E-state index in [0.717, 1.165) is 41.1 Å². The number of aryl methyl sites for hydroxylation is 1. The molecule has 61 heavy (non-hydrogen) atoms. The van der Waals surface area contributed by atoms with Gasteiger partial charge in [0.2, 0.25) is 0 Å². The third-order valence-electron chi connectivity index (χ3n) is 13.6. The van der Waals surface area contributed by atoms with Gasteiger partial charge in [0, 0.05) is 56.2 Å². The number of ether oxygens (including phenoxy) is 4. The van der Waals surface area contributed by atoms with Crippen molar-refractivity contribution in [2.24, 2.45) is 7.05 Å². The van der Waals surface area contributed by atoms with E-state index in [4.69, 9.17) is 33.9 Å². The van der Waals surface area contributed by atoms with Crippen LogP contribution in [0.2, 0.25) is 16.6 Å². The van der Waals surface area contributed by atoms with Crippen LogP contribution >= 0.6 is 0 Å². The van der Waals surface area contributed by atoms with Crippen LogP contribution in [-0.4, -0.2) is 115 Å². The number of fused-ring (bicyclic) bond motifs is 5. The molecule has 6 heterocycles. The van der Waals surface area contributed by atoms with Crippen LogP contribution in [0.3, 0.4) is 0 Å². The van der Waals surface area contributed by atoms with Crippen LogP contribution in [0, 0.1) is 17.3 Å². The molecule has 8 rings (SSSR count). The second kappa shape index (κ2) is 16.7. The topological polar surface area (TPSA) is 107 Å². The standard InChI is InChI=1S/C47H60F2N6O5Si/c1-29(2)61(30(3)4,31(5)6)20-14-35-38(49)12-11-32-21-34(60-28-57-9)22-37(39(32)35)41-42-36(13-16-50-41)40-43(53(42)8)51-45(52-44(40)54-18-19-58-26-46(7,56)25-54)59-27-47-15-10-17-55(47)24-33(48)23-47/h11-13,16,21-22,29-31,33,56H,10,15,17-19,23-28H2,1-9H3/t33-,46+,47+/m1/s1. The molecular weight excluding hydrogens is 795 g/mol. The summed E-state index contributed by atoms with van der Waals surface area (Å²) < 4.78 is 57.0. The summed E-state index contributed by atoms with van der Waals surface area (Å²) in [4.78, 5) is 19.4. The van der Waals surface area contributed by atoms with E-state index >= 15 is 4.39 Å². The van der Waals surface area contributed by atoms with E-state index in [2.05, 4.69) is 57.9 Å². The summed E-state index contributed by atoms with van der Waals surface area (Å²) in [5, 5.41) is 14.3. The van der Waals surface area contributed by atoms with Gasteiger partial charge in [0.25, 0.3) is 0 Å². The van der Waals surface area contributed by atoms with Crippen LogP contribution in [0.25, 0.3) is 44.0 Å². The van der Waals surface area contributed by atoms with Crippen LogP contribution in [-0.2, 0) is 16.5 Å². The zero-order valence-corrected chi connectivity index (χ0v) is 38.1. The highest BCUT2D eigenvalue weighted by Gasteiger charge is 2.49. The Kier molecular flexibility index (Phi) is 11.9. The van der Waals surface area contributed by atoms with Gasteiger partial charge in [0.1, 0.15) is 49.5 Å². The van der Waals surface area contributed by atoms with Crippen molar-refractivity contribution in [3.8, 4) is 34.5 Å². The maximum Gasteiger partial charge on any atom is 0.320 e. The number of hydrogen-bond acceptors (Lipinski definition) is 10. The van der Waals surface area contributed by atoms with Crippen LogP contribution in [0.4, 0.5) is 14.6 Å².